The van der Waals surface area contributed by atoms with Crippen molar-refractivity contribution in [3.05, 3.63) is 53.9 Å². The fourth-order valence-electron chi connectivity index (χ4n) is 1.79. The van der Waals surface area contributed by atoms with Crippen molar-refractivity contribution < 1.29 is 4.79 Å². The van der Waals surface area contributed by atoms with Gasteiger partial charge in [-0.2, -0.15) is 0 Å². The standard InChI is InChI=1S/C15H19ClN2O/c1-4-7-13-10-12(11-14(16)17-13)15(19)18(8-5-2)9-6-3/h5-6,10-11H,2-4,7-9H2,1H3. The van der Waals surface area contributed by atoms with Crippen LogP contribution in [0.5, 0.6) is 0 Å². The molecule has 3 nitrogen and oxygen atoms in total. The van der Waals surface area contributed by atoms with Gasteiger partial charge in [0.25, 0.3) is 5.91 Å². The Hall–Kier alpha value is -1.61. The number of hydrogen-bond acceptors (Lipinski definition) is 2. The summed E-state index contributed by atoms with van der Waals surface area (Å²) in [5.74, 6) is -0.0820. The van der Waals surface area contributed by atoms with Gasteiger partial charge in [-0.1, -0.05) is 37.1 Å². The van der Waals surface area contributed by atoms with Crippen LogP contribution < -0.4 is 0 Å². The number of aryl methyl sites for hydroxylation is 1. The molecule has 1 aromatic heterocycles. The highest BCUT2D eigenvalue weighted by molar-refractivity contribution is 6.29. The molecule has 0 fully saturated rings. The maximum atomic E-state index is 12.4. The third-order valence-corrected chi connectivity index (χ3v) is 2.78. The number of rotatable bonds is 7. The van der Waals surface area contributed by atoms with Crippen molar-refractivity contribution in [1.29, 1.82) is 0 Å². The van der Waals surface area contributed by atoms with Crippen LogP contribution in [0, 0.1) is 0 Å². The molecule has 102 valence electrons. The first-order chi connectivity index (χ1) is 9.12. The molecule has 19 heavy (non-hydrogen) atoms. The number of amides is 1. The second-order valence-corrected chi connectivity index (χ2v) is 4.59. The average molecular weight is 279 g/mol. The van der Waals surface area contributed by atoms with E-state index in [9.17, 15) is 4.79 Å². The number of hydrogen-bond donors (Lipinski definition) is 0. The topological polar surface area (TPSA) is 33.2 Å². The number of aromatic nitrogens is 1. The maximum absolute atomic E-state index is 12.4. The zero-order chi connectivity index (χ0) is 14.3. The number of carbonyl (C=O) groups is 1. The molecule has 0 saturated heterocycles. The number of carbonyl (C=O) groups excluding carboxylic acids is 1. The molecule has 0 aliphatic carbocycles. The van der Waals surface area contributed by atoms with E-state index in [4.69, 9.17) is 11.6 Å². The quantitative estimate of drug-likeness (QED) is 0.565. The minimum atomic E-state index is -0.0820. The highest BCUT2D eigenvalue weighted by Crippen LogP contribution is 2.14. The summed E-state index contributed by atoms with van der Waals surface area (Å²) in [5, 5.41) is 0.353. The fraction of sp³-hybridized carbons (Fsp3) is 0.333. The molecular weight excluding hydrogens is 260 g/mol. The van der Waals surface area contributed by atoms with Gasteiger partial charge in [0.1, 0.15) is 5.15 Å². The van der Waals surface area contributed by atoms with Gasteiger partial charge >= 0.3 is 0 Å². The Kier molecular flexibility index (Phi) is 6.30. The van der Waals surface area contributed by atoms with Gasteiger partial charge in [0.15, 0.2) is 0 Å². The van der Waals surface area contributed by atoms with Gasteiger partial charge in [-0.15, -0.1) is 13.2 Å². The summed E-state index contributed by atoms with van der Waals surface area (Å²) < 4.78 is 0. The molecule has 1 heterocycles. The summed E-state index contributed by atoms with van der Waals surface area (Å²) in [6.45, 7) is 10.3. The van der Waals surface area contributed by atoms with Crippen LogP contribution in [-0.2, 0) is 6.42 Å². The normalized spacial score (nSPS) is 10.0. The Morgan fingerprint density at radius 1 is 1.37 bits per heavy atom. The number of nitrogens with zero attached hydrogens (tertiary/aromatic N) is 2. The van der Waals surface area contributed by atoms with Crippen molar-refractivity contribution in [2.24, 2.45) is 0 Å². The van der Waals surface area contributed by atoms with Crippen molar-refractivity contribution in [3.63, 3.8) is 0 Å². The van der Waals surface area contributed by atoms with E-state index in [1.165, 1.54) is 0 Å². The fourth-order valence-corrected chi connectivity index (χ4v) is 2.02. The molecule has 0 saturated carbocycles. The number of pyridine rings is 1. The van der Waals surface area contributed by atoms with E-state index in [1.807, 2.05) is 0 Å². The molecule has 1 amide bonds. The van der Waals surface area contributed by atoms with E-state index < -0.39 is 0 Å². The summed E-state index contributed by atoms with van der Waals surface area (Å²) in [4.78, 5) is 18.2. The van der Waals surface area contributed by atoms with Crippen molar-refractivity contribution in [2.45, 2.75) is 19.8 Å². The predicted molar refractivity (Wildman–Crippen MR) is 79.5 cm³/mol. The molecule has 4 heteroatoms. The van der Waals surface area contributed by atoms with E-state index in [1.54, 1.807) is 29.2 Å². The third kappa shape index (κ3) is 4.52. The van der Waals surface area contributed by atoms with Gasteiger partial charge in [0.05, 0.1) is 0 Å². The molecule has 0 unspecified atom stereocenters. The minimum absolute atomic E-state index is 0.0820. The first kappa shape index (κ1) is 15.4. The van der Waals surface area contributed by atoms with Gasteiger partial charge in [-0.05, 0) is 18.6 Å². The maximum Gasteiger partial charge on any atom is 0.254 e. The monoisotopic (exact) mass is 278 g/mol. The van der Waals surface area contributed by atoms with Gasteiger partial charge < -0.3 is 4.90 Å². The Morgan fingerprint density at radius 3 is 2.53 bits per heavy atom. The largest absolute Gasteiger partial charge is 0.331 e. The highest BCUT2D eigenvalue weighted by Gasteiger charge is 2.15. The van der Waals surface area contributed by atoms with Crippen molar-refractivity contribution in [2.75, 3.05) is 13.1 Å². The Bertz CT molecular complexity index is 461. The molecule has 1 rings (SSSR count). The van der Waals surface area contributed by atoms with Crippen molar-refractivity contribution in [3.8, 4) is 0 Å². The van der Waals surface area contributed by atoms with E-state index >= 15 is 0 Å². The van der Waals surface area contributed by atoms with Crippen LogP contribution in [0.3, 0.4) is 0 Å². The molecular formula is C15H19ClN2O. The summed E-state index contributed by atoms with van der Waals surface area (Å²) in [5.41, 5.74) is 1.41. The Labute approximate surface area is 119 Å². The molecule has 0 aliphatic heterocycles. The summed E-state index contributed by atoms with van der Waals surface area (Å²) in [6.07, 6.45) is 5.15. The molecule has 0 aliphatic rings. The van der Waals surface area contributed by atoms with Gasteiger partial charge in [0.2, 0.25) is 0 Å². The highest BCUT2D eigenvalue weighted by atomic mass is 35.5. The van der Waals surface area contributed by atoms with Crippen LogP contribution in [-0.4, -0.2) is 28.9 Å². The molecule has 0 aromatic carbocycles. The van der Waals surface area contributed by atoms with E-state index in [0.29, 0.717) is 23.8 Å². The van der Waals surface area contributed by atoms with Crippen LogP contribution in [0.25, 0.3) is 0 Å². The predicted octanol–water partition coefficient (Wildman–Crippen LogP) is 3.50. The second kappa shape index (κ2) is 7.74. The Morgan fingerprint density at radius 2 is 2.00 bits per heavy atom. The van der Waals surface area contributed by atoms with Crippen molar-refractivity contribution in [1.82, 2.24) is 9.88 Å². The molecule has 0 N–H and O–H groups in total. The lowest BCUT2D eigenvalue weighted by molar-refractivity contribution is 0.0790. The molecule has 0 bridgehead atoms. The van der Waals surface area contributed by atoms with Crippen molar-refractivity contribution >= 4 is 17.5 Å². The zero-order valence-electron chi connectivity index (χ0n) is 11.2. The first-order valence-corrected chi connectivity index (χ1v) is 6.67. The lowest BCUT2D eigenvalue weighted by atomic mass is 10.1. The molecule has 0 spiro atoms. The van der Waals surface area contributed by atoms with Crippen LogP contribution in [0.4, 0.5) is 0 Å². The summed E-state index contributed by atoms with van der Waals surface area (Å²) in [7, 11) is 0. The lowest BCUT2D eigenvalue weighted by Gasteiger charge is -2.19. The van der Waals surface area contributed by atoms with Crippen LogP contribution in [0.15, 0.2) is 37.4 Å². The lowest BCUT2D eigenvalue weighted by Crippen LogP contribution is -2.31. The van der Waals surface area contributed by atoms with E-state index in [2.05, 4.69) is 25.1 Å². The first-order valence-electron chi connectivity index (χ1n) is 6.29. The molecule has 0 atom stereocenters. The van der Waals surface area contributed by atoms with Crippen LogP contribution in [0.2, 0.25) is 5.15 Å². The van der Waals surface area contributed by atoms with Gasteiger partial charge in [-0.3, -0.25) is 4.79 Å². The number of halogens is 1. The second-order valence-electron chi connectivity index (χ2n) is 4.21. The SMILES string of the molecule is C=CCN(CC=C)C(=O)c1cc(Cl)nc(CCC)c1. The van der Waals surface area contributed by atoms with E-state index in [-0.39, 0.29) is 5.91 Å². The summed E-state index contributed by atoms with van der Waals surface area (Å²) in [6, 6.07) is 3.40. The minimum Gasteiger partial charge on any atom is -0.331 e. The zero-order valence-corrected chi connectivity index (χ0v) is 12.0. The van der Waals surface area contributed by atoms with Gasteiger partial charge in [-0.25, -0.2) is 4.98 Å². The van der Waals surface area contributed by atoms with Gasteiger partial charge in [0, 0.05) is 24.3 Å². The van der Waals surface area contributed by atoms with Crippen LogP contribution >= 0.6 is 11.6 Å². The van der Waals surface area contributed by atoms with Crippen LogP contribution in [0.1, 0.15) is 29.4 Å². The third-order valence-electron chi connectivity index (χ3n) is 2.59. The smallest absolute Gasteiger partial charge is 0.254 e. The summed E-state index contributed by atoms with van der Waals surface area (Å²) >= 11 is 5.97. The average Bonchev–Trinajstić information content (AvgIpc) is 2.37. The molecule has 0 radical (unpaired) electrons. The molecule has 1 aromatic rings. The Balaban J connectivity index is 3.02. The van der Waals surface area contributed by atoms with E-state index in [0.717, 1.165) is 18.5 Å².